The van der Waals surface area contributed by atoms with Crippen molar-refractivity contribution in [1.29, 1.82) is 0 Å². The number of fused-ring (bicyclic) bond motifs is 1. The fourth-order valence-electron chi connectivity index (χ4n) is 4.86. The summed E-state index contributed by atoms with van der Waals surface area (Å²) in [7, 11) is 0. The van der Waals surface area contributed by atoms with Gasteiger partial charge in [0.15, 0.2) is 0 Å². The van der Waals surface area contributed by atoms with Crippen molar-refractivity contribution in [1.82, 2.24) is 24.8 Å². The van der Waals surface area contributed by atoms with Crippen LogP contribution < -0.4 is 5.32 Å². The largest absolute Gasteiger partial charge is 0.342 e. The highest BCUT2D eigenvalue weighted by atomic mass is 16.2. The summed E-state index contributed by atoms with van der Waals surface area (Å²) in [6, 6.07) is 4.07. The lowest BCUT2D eigenvalue weighted by Gasteiger charge is -2.32. The summed E-state index contributed by atoms with van der Waals surface area (Å²) < 4.78 is 2.23. The Balaban J connectivity index is 1.21. The van der Waals surface area contributed by atoms with Crippen molar-refractivity contribution in [3.63, 3.8) is 0 Å². The molecule has 3 fully saturated rings. The molecule has 4 heterocycles. The van der Waals surface area contributed by atoms with Crippen molar-refractivity contribution >= 4 is 5.91 Å². The molecule has 0 radical (unpaired) electrons. The normalized spacial score (nSPS) is 28.2. The van der Waals surface area contributed by atoms with Crippen molar-refractivity contribution in [2.24, 2.45) is 17.8 Å². The predicted molar refractivity (Wildman–Crippen MR) is 97.5 cm³/mol. The molecule has 0 spiro atoms. The topological polar surface area (TPSA) is 63.1 Å². The van der Waals surface area contributed by atoms with Crippen LogP contribution in [-0.4, -0.2) is 51.5 Å². The van der Waals surface area contributed by atoms with Crippen LogP contribution >= 0.6 is 0 Å². The Kier molecular flexibility index (Phi) is 4.00. The highest BCUT2D eigenvalue weighted by Gasteiger charge is 2.57. The standard InChI is InChI=1S/C20H25N5O/c26-20(18-16-11-22-12-17(16)18)24-7-3-15(4-8-24)19-23-6-9-25(19)13-14-2-1-5-21-10-14/h1-2,5-6,9-10,15-18,22H,3-4,7-8,11-13H2/t16-,17+,18?. The predicted octanol–water partition coefficient (Wildman–Crippen LogP) is 1.50. The molecule has 2 aromatic rings. The quantitative estimate of drug-likeness (QED) is 0.907. The third kappa shape index (κ3) is 2.82. The number of nitrogens with one attached hydrogen (secondary N) is 1. The van der Waals surface area contributed by atoms with E-state index in [1.165, 1.54) is 5.56 Å². The minimum absolute atomic E-state index is 0.306. The number of hydrogen-bond donors (Lipinski definition) is 1. The second kappa shape index (κ2) is 6.50. The van der Waals surface area contributed by atoms with Gasteiger partial charge in [-0.3, -0.25) is 9.78 Å². The molecule has 1 unspecified atom stereocenters. The first-order valence-corrected chi connectivity index (χ1v) is 9.70. The molecule has 1 aliphatic carbocycles. The van der Waals surface area contributed by atoms with E-state index >= 15 is 0 Å². The second-order valence-corrected chi connectivity index (χ2v) is 7.89. The average molecular weight is 351 g/mol. The Morgan fingerprint density at radius 2 is 2.00 bits per heavy atom. The number of carbonyl (C=O) groups is 1. The van der Waals surface area contributed by atoms with Crippen LogP contribution in [0, 0.1) is 17.8 Å². The molecule has 2 aromatic heterocycles. The molecule has 5 rings (SSSR count). The average Bonchev–Trinajstić information content (AvgIpc) is 3.03. The first-order valence-electron chi connectivity index (χ1n) is 9.70. The third-order valence-electron chi connectivity index (χ3n) is 6.37. The van der Waals surface area contributed by atoms with Crippen molar-refractivity contribution in [3.8, 4) is 0 Å². The number of rotatable bonds is 4. The Hall–Kier alpha value is -2.21. The number of pyridine rings is 1. The SMILES string of the molecule is O=C(C1[C@H]2CNC[C@@H]12)N1CCC(c2nccn2Cc2cccnc2)CC1. The molecule has 1 N–H and O–H groups in total. The van der Waals surface area contributed by atoms with Gasteiger partial charge in [0.25, 0.3) is 0 Å². The van der Waals surface area contributed by atoms with E-state index in [1.807, 2.05) is 18.5 Å². The Morgan fingerprint density at radius 1 is 1.19 bits per heavy atom. The summed E-state index contributed by atoms with van der Waals surface area (Å²) in [4.78, 5) is 23.7. The maximum atomic E-state index is 12.7. The zero-order chi connectivity index (χ0) is 17.5. The van der Waals surface area contributed by atoms with E-state index in [-0.39, 0.29) is 0 Å². The van der Waals surface area contributed by atoms with Gasteiger partial charge in [0.05, 0.1) is 6.54 Å². The summed E-state index contributed by atoms with van der Waals surface area (Å²) in [6.45, 7) is 4.60. The molecule has 2 aliphatic heterocycles. The Bertz CT molecular complexity index is 771. The molecule has 3 aliphatic rings. The van der Waals surface area contributed by atoms with E-state index in [0.717, 1.165) is 51.4 Å². The third-order valence-corrected chi connectivity index (χ3v) is 6.37. The molecule has 1 saturated carbocycles. The van der Waals surface area contributed by atoms with Crippen LogP contribution in [0.1, 0.15) is 30.1 Å². The zero-order valence-corrected chi connectivity index (χ0v) is 14.9. The number of nitrogens with zero attached hydrogens (tertiary/aromatic N) is 4. The first-order chi connectivity index (χ1) is 12.8. The van der Waals surface area contributed by atoms with Crippen LogP contribution in [0.25, 0.3) is 0 Å². The lowest BCUT2D eigenvalue weighted by Crippen LogP contribution is -2.40. The summed E-state index contributed by atoms with van der Waals surface area (Å²) >= 11 is 0. The van der Waals surface area contributed by atoms with Crippen LogP contribution in [0.5, 0.6) is 0 Å². The molecule has 1 amide bonds. The highest BCUT2D eigenvalue weighted by molar-refractivity contribution is 5.82. The molecule has 26 heavy (non-hydrogen) atoms. The highest BCUT2D eigenvalue weighted by Crippen LogP contribution is 2.50. The number of piperidine rings is 2. The van der Waals surface area contributed by atoms with Gasteiger partial charge in [-0.2, -0.15) is 0 Å². The smallest absolute Gasteiger partial charge is 0.226 e. The van der Waals surface area contributed by atoms with Gasteiger partial charge < -0.3 is 14.8 Å². The molecule has 6 heteroatoms. The maximum Gasteiger partial charge on any atom is 0.226 e. The van der Waals surface area contributed by atoms with Gasteiger partial charge in [-0.15, -0.1) is 0 Å². The van der Waals surface area contributed by atoms with E-state index < -0.39 is 0 Å². The van der Waals surface area contributed by atoms with E-state index in [4.69, 9.17) is 0 Å². The summed E-state index contributed by atoms with van der Waals surface area (Å²) in [6.07, 6.45) is 9.67. The van der Waals surface area contributed by atoms with Crippen LogP contribution in [-0.2, 0) is 11.3 Å². The number of aromatic nitrogens is 3. The molecular formula is C20H25N5O. The second-order valence-electron chi connectivity index (χ2n) is 7.89. The fraction of sp³-hybridized carbons (Fsp3) is 0.550. The molecule has 0 aromatic carbocycles. The van der Waals surface area contributed by atoms with Crippen molar-refractivity contribution in [2.75, 3.05) is 26.2 Å². The van der Waals surface area contributed by atoms with Crippen LogP contribution in [0.15, 0.2) is 36.9 Å². The lowest BCUT2D eigenvalue weighted by molar-refractivity contribution is -0.134. The van der Waals surface area contributed by atoms with Crippen molar-refractivity contribution in [3.05, 3.63) is 48.3 Å². The van der Waals surface area contributed by atoms with Crippen LogP contribution in [0.3, 0.4) is 0 Å². The van der Waals surface area contributed by atoms with Gasteiger partial charge in [-0.1, -0.05) is 6.07 Å². The van der Waals surface area contributed by atoms with Gasteiger partial charge in [0.1, 0.15) is 5.82 Å². The lowest BCUT2D eigenvalue weighted by atomic mass is 9.95. The van der Waals surface area contributed by atoms with Gasteiger partial charge in [-0.05, 0) is 49.4 Å². The number of hydrogen-bond acceptors (Lipinski definition) is 4. The Morgan fingerprint density at radius 3 is 2.73 bits per heavy atom. The monoisotopic (exact) mass is 351 g/mol. The van der Waals surface area contributed by atoms with Crippen molar-refractivity contribution < 1.29 is 4.79 Å². The molecular weight excluding hydrogens is 326 g/mol. The number of likely N-dealkylation sites (tertiary alicyclic amines) is 1. The molecule has 136 valence electrons. The van der Waals surface area contributed by atoms with E-state index in [0.29, 0.717) is 29.6 Å². The first kappa shape index (κ1) is 16.0. The number of carbonyl (C=O) groups excluding carboxylic acids is 1. The van der Waals surface area contributed by atoms with E-state index in [9.17, 15) is 4.79 Å². The minimum atomic E-state index is 0.306. The maximum absolute atomic E-state index is 12.7. The summed E-state index contributed by atoms with van der Waals surface area (Å²) in [5.41, 5.74) is 1.19. The Labute approximate surface area is 153 Å². The minimum Gasteiger partial charge on any atom is -0.342 e. The number of amides is 1. The van der Waals surface area contributed by atoms with E-state index in [2.05, 4.69) is 37.0 Å². The summed E-state index contributed by atoms with van der Waals surface area (Å²) in [5.74, 6) is 3.51. The van der Waals surface area contributed by atoms with Crippen molar-refractivity contribution in [2.45, 2.75) is 25.3 Å². The van der Waals surface area contributed by atoms with Crippen LogP contribution in [0.2, 0.25) is 0 Å². The van der Waals surface area contributed by atoms with Crippen LogP contribution in [0.4, 0.5) is 0 Å². The number of imidazole rings is 1. The van der Waals surface area contributed by atoms with E-state index in [1.54, 1.807) is 6.20 Å². The fourth-order valence-corrected chi connectivity index (χ4v) is 4.86. The molecule has 2 saturated heterocycles. The summed E-state index contributed by atoms with van der Waals surface area (Å²) in [5, 5.41) is 3.38. The molecule has 3 atom stereocenters. The zero-order valence-electron chi connectivity index (χ0n) is 14.9. The van der Waals surface area contributed by atoms with Gasteiger partial charge in [0.2, 0.25) is 5.91 Å². The van der Waals surface area contributed by atoms with Gasteiger partial charge >= 0.3 is 0 Å². The molecule has 0 bridgehead atoms. The van der Waals surface area contributed by atoms with Gasteiger partial charge in [0, 0.05) is 49.7 Å². The molecule has 6 nitrogen and oxygen atoms in total. The van der Waals surface area contributed by atoms with Gasteiger partial charge in [-0.25, -0.2) is 4.98 Å².